The molecule has 0 aliphatic rings. The molecule has 0 spiro atoms. The lowest BCUT2D eigenvalue weighted by molar-refractivity contribution is 0.129. The van der Waals surface area contributed by atoms with Crippen molar-refractivity contribution in [2.24, 2.45) is 11.7 Å². The second-order valence-electron chi connectivity index (χ2n) is 3.54. The zero-order chi connectivity index (χ0) is 10.9. The van der Waals surface area contributed by atoms with Gasteiger partial charge in [0.05, 0.1) is 3.79 Å². The molecule has 0 aliphatic carbocycles. The van der Waals surface area contributed by atoms with E-state index < -0.39 is 6.10 Å². The van der Waals surface area contributed by atoms with Gasteiger partial charge in [-0.15, -0.1) is 11.3 Å². The van der Waals surface area contributed by atoms with Crippen molar-refractivity contribution in [2.75, 3.05) is 0 Å². The quantitative estimate of drug-likeness (QED) is 0.885. The Kier molecular flexibility index (Phi) is 4.58. The number of hydrogen-bond donors (Lipinski definition) is 2. The highest BCUT2D eigenvalue weighted by atomic mass is 79.9. The van der Waals surface area contributed by atoms with Crippen LogP contribution in [0.25, 0.3) is 0 Å². The molecule has 0 fully saturated rings. The fourth-order valence-electron chi connectivity index (χ4n) is 1.06. The molecule has 0 aliphatic heterocycles. The Morgan fingerprint density at radius 3 is 2.36 bits per heavy atom. The van der Waals surface area contributed by atoms with E-state index in [1.54, 1.807) is 0 Å². The van der Waals surface area contributed by atoms with Gasteiger partial charge in [0.25, 0.3) is 0 Å². The summed E-state index contributed by atoms with van der Waals surface area (Å²) in [6.45, 7) is 4.01. The molecule has 1 heterocycles. The van der Waals surface area contributed by atoms with Gasteiger partial charge in [0.15, 0.2) is 0 Å². The number of aliphatic hydroxyl groups excluding tert-OH is 1. The highest BCUT2D eigenvalue weighted by Crippen LogP contribution is 2.36. The molecule has 1 rings (SSSR count). The number of aliphatic hydroxyl groups is 1. The van der Waals surface area contributed by atoms with E-state index in [-0.39, 0.29) is 12.0 Å². The first-order chi connectivity index (χ1) is 6.43. The van der Waals surface area contributed by atoms with Crippen LogP contribution < -0.4 is 5.73 Å². The molecule has 2 nitrogen and oxygen atoms in total. The van der Waals surface area contributed by atoms with Gasteiger partial charge in [-0.2, -0.15) is 0 Å². The molecule has 3 N–H and O–H groups in total. The topological polar surface area (TPSA) is 46.2 Å². The van der Waals surface area contributed by atoms with Crippen molar-refractivity contribution in [3.05, 3.63) is 19.2 Å². The Hall–Kier alpha value is 0.580. The van der Waals surface area contributed by atoms with E-state index in [0.29, 0.717) is 0 Å². The first-order valence-corrected chi connectivity index (χ1v) is 6.72. The molecule has 14 heavy (non-hydrogen) atoms. The van der Waals surface area contributed by atoms with Crippen LogP contribution in [0.4, 0.5) is 0 Å². The Labute approximate surface area is 105 Å². The van der Waals surface area contributed by atoms with Crippen LogP contribution in [0.1, 0.15) is 24.8 Å². The molecular formula is C9H13Br2NOS. The highest BCUT2D eigenvalue weighted by Gasteiger charge is 2.22. The van der Waals surface area contributed by atoms with Crippen molar-refractivity contribution in [3.8, 4) is 0 Å². The third kappa shape index (κ3) is 2.79. The molecule has 0 amide bonds. The lowest BCUT2D eigenvalue weighted by atomic mass is 9.99. The van der Waals surface area contributed by atoms with Gasteiger partial charge in [-0.1, -0.05) is 13.8 Å². The molecule has 80 valence electrons. The van der Waals surface area contributed by atoms with Crippen molar-refractivity contribution >= 4 is 43.2 Å². The minimum atomic E-state index is -0.581. The Bertz CT molecular complexity index is 294. The van der Waals surface area contributed by atoms with Crippen LogP contribution in [-0.2, 0) is 0 Å². The zero-order valence-electron chi connectivity index (χ0n) is 8.00. The summed E-state index contributed by atoms with van der Waals surface area (Å²) in [5.41, 5.74) is 5.88. The largest absolute Gasteiger partial charge is 0.386 e. The first-order valence-electron chi connectivity index (χ1n) is 4.32. The summed E-state index contributed by atoms with van der Waals surface area (Å²) >= 11 is 8.28. The summed E-state index contributed by atoms with van der Waals surface area (Å²) in [6.07, 6.45) is -0.581. The van der Waals surface area contributed by atoms with Crippen molar-refractivity contribution < 1.29 is 5.11 Å². The van der Waals surface area contributed by atoms with Gasteiger partial charge in [-0.25, -0.2) is 0 Å². The maximum atomic E-state index is 9.94. The van der Waals surface area contributed by atoms with E-state index in [4.69, 9.17) is 5.73 Å². The summed E-state index contributed by atoms with van der Waals surface area (Å²) in [5.74, 6) is 0.268. The summed E-state index contributed by atoms with van der Waals surface area (Å²) in [7, 11) is 0. The third-order valence-electron chi connectivity index (χ3n) is 2.09. The maximum absolute atomic E-state index is 9.94. The van der Waals surface area contributed by atoms with Crippen LogP contribution >= 0.6 is 43.2 Å². The smallest absolute Gasteiger partial charge is 0.104 e. The lowest BCUT2D eigenvalue weighted by Gasteiger charge is -2.20. The SMILES string of the molecule is CC(C)C(N)C(O)c1cc(Br)c(Br)s1. The molecule has 0 radical (unpaired) electrons. The minimum absolute atomic E-state index is 0.215. The Morgan fingerprint density at radius 1 is 1.43 bits per heavy atom. The van der Waals surface area contributed by atoms with Gasteiger partial charge >= 0.3 is 0 Å². The van der Waals surface area contributed by atoms with Crippen molar-refractivity contribution in [1.29, 1.82) is 0 Å². The second-order valence-corrected chi connectivity index (χ2v) is 6.79. The molecule has 0 saturated heterocycles. The average molecular weight is 343 g/mol. The predicted molar refractivity (Wildman–Crippen MR) is 67.5 cm³/mol. The fraction of sp³-hybridized carbons (Fsp3) is 0.556. The number of hydrogen-bond acceptors (Lipinski definition) is 3. The van der Waals surface area contributed by atoms with Gasteiger partial charge in [0.1, 0.15) is 6.10 Å². The van der Waals surface area contributed by atoms with E-state index >= 15 is 0 Å². The van der Waals surface area contributed by atoms with Crippen molar-refractivity contribution in [1.82, 2.24) is 0 Å². The van der Waals surface area contributed by atoms with Crippen LogP contribution in [-0.4, -0.2) is 11.1 Å². The molecule has 2 atom stereocenters. The summed E-state index contributed by atoms with van der Waals surface area (Å²) in [6, 6.07) is 1.69. The first kappa shape index (κ1) is 12.6. The van der Waals surface area contributed by atoms with Crippen LogP contribution in [0, 0.1) is 5.92 Å². The summed E-state index contributed by atoms with van der Waals surface area (Å²) in [5, 5.41) is 9.94. The van der Waals surface area contributed by atoms with E-state index in [1.165, 1.54) is 11.3 Å². The molecular weight excluding hydrogens is 330 g/mol. The van der Waals surface area contributed by atoms with E-state index in [1.807, 2.05) is 19.9 Å². The molecule has 5 heteroatoms. The van der Waals surface area contributed by atoms with Gasteiger partial charge in [-0.05, 0) is 43.8 Å². The number of thiophene rings is 1. The summed E-state index contributed by atoms with van der Waals surface area (Å²) in [4.78, 5) is 0.893. The van der Waals surface area contributed by atoms with Crippen LogP contribution in [0.5, 0.6) is 0 Å². The van der Waals surface area contributed by atoms with Crippen LogP contribution in [0.2, 0.25) is 0 Å². The average Bonchev–Trinajstić information content (AvgIpc) is 2.44. The zero-order valence-corrected chi connectivity index (χ0v) is 12.0. The van der Waals surface area contributed by atoms with Gasteiger partial charge in [0.2, 0.25) is 0 Å². The molecule has 0 saturated carbocycles. The fourth-order valence-corrected chi connectivity index (χ4v) is 3.20. The standard InChI is InChI=1S/C9H13Br2NOS/c1-4(2)7(12)8(13)6-3-5(10)9(11)14-6/h3-4,7-8,13H,12H2,1-2H3. The normalized spacial score (nSPS) is 15.9. The third-order valence-corrected chi connectivity index (χ3v) is 5.42. The highest BCUT2D eigenvalue weighted by molar-refractivity contribution is 9.13. The predicted octanol–water partition coefficient (Wildman–Crippen LogP) is 3.29. The van der Waals surface area contributed by atoms with Crippen LogP contribution in [0.3, 0.4) is 0 Å². The van der Waals surface area contributed by atoms with E-state index in [9.17, 15) is 5.11 Å². The number of nitrogens with two attached hydrogens (primary N) is 1. The molecule has 0 bridgehead atoms. The molecule has 1 aromatic rings. The molecule has 2 unspecified atom stereocenters. The van der Waals surface area contributed by atoms with E-state index in [2.05, 4.69) is 31.9 Å². The van der Waals surface area contributed by atoms with Gasteiger partial charge in [0, 0.05) is 15.4 Å². The minimum Gasteiger partial charge on any atom is -0.386 e. The van der Waals surface area contributed by atoms with Crippen LogP contribution in [0.15, 0.2) is 14.3 Å². The van der Waals surface area contributed by atoms with Crippen molar-refractivity contribution in [2.45, 2.75) is 26.0 Å². The maximum Gasteiger partial charge on any atom is 0.104 e. The molecule has 0 aromatic carbocycles. The van der Waals surface area contributed by atoms with Gasteiger partial charge < -0.3 is 10.8 Å². The Balaban J connectivity index is 2.83. The van der Waals surface area contributed by atoms with E-state index in [0.717, 1.165) is 13.1 Å². The second kappa shape index (κ2) is 5.07. The number of halogens is 2. The Morgan fingerprint density at radius 2 is 2.00 bits per heavy atom. The lowest BCUT2D eigenvalue weighted by Crippen LogP contribution is -2.33. The van der Waals surface area contributed by atoms with Gasteiger partial charge in [-0.3, -0.25) is 0 Å². The van der Waals surface area contributed by atoms with Crippen molar-refractivity contribution in [3.63, 3.8) is 0 Å². The number of rotatable bonds is 3. The molecule has 1 aromatic heterocycles. The summed E-state index contributed by atoms with van der Waals surface area (Å²) < 4.78 is 1.95. The monoisotopic (exact) mass is 341 g/mol.